The number of pyridine rings is 1. The van der Waals surface area contributed by atoms with Gasteiger partial charge in [-0.25, -0.2) is 4.98 Å². The van der Waals surface area contributed by atoms with Crippen LogP contribution >= 0.6 is 0 Å². The highest BCUT2D eigenvalue weighted by atomic mass is 16.1. The Labute approximate surface area is 238 Å². The third-order valence-corrected chi connectivity index (χ3v) is 9.10. The van der Waals surface area contributed by atoms with E-state index in [1.165, 1.54) is 36.2 Å². The number of carbonyl (C=O) groups is 1. The Morgan fingerprint density at radius 1 is 0.974 bits per heavy atom. The van der Waals surface area contributed by atoms with Crippen LogP contribution in [0.4, 0.5) is 11.5 Å². The van der Waals surface area contributed by atoms with Crippen LogP contribution in [0, 0.1) is 35.5 Å². The summed E-state index contributed by atoms with van der Waals surface area (Å²) in [4.78, 5) is 17.9. The predicted octanol–water partition coefficient (Wildman–Crippen LogP) is 8.34. The Bertz CT molecular complexity index is 1080. The molecule has 4 heteroatoms. The standard InChI is InChI=1S/C13H24.C12H15NO.C10H14N2/c1-9(2)6-13-11-4-5-12(13)8-10(3)7-11;1-8(2)5-9-3-4-11-10(6-9)7-12(14)13-11;1-8(2)12-7-5-9-4-3-6-11-10(9)12/h9-13H,4-8H2,1-3H3;3-4,6,8H,5,7H2,1-2H3,(H,13,14);3-4,6,8H,5,7H2,1-2H3/t10?,11-,12+,13?;;. The van der Waals surface area contributed by atoms with Gasteiger partial charge in [0.2, 0.25) is 5.91 Å². The van der Waals surface area contributed by atoms with Crippen molar-refractivity contribution in [2.24, 2.45) is 35.5 Å². The maximum atomic E-state index is 11.1. The Balaban J connectivity index is 0.000000136. The lowest BCUT2D eigenvalue weighted by molar-refractivity contribution is -0.115. The van der Waals surface area contributed by atoms with Crippen molar-refractivity contribution in [3.05, 3.63) is 53.2 Å². The topological polar surface area (TPSA) is 45.2 Å². The van der Waals surface area contributed by atoms with E-state index in [2.05, 4.69) is 81.9 Å². The minimum absolute atomic E-state index is 0.113. The van der Waals surface area contributed by atoms with Gasteiger partial charge in [0, 0.05) is 24.5 Å². The third kappa shape index (κ3) is 7.86. The van der Waals surface area contributed by atoms with Gasteiger partial charge in [-0.1, -0.05) is 52.8 Å². The van der Waals surface area contributed by atoms with E-state index in [-0.39, 0.29) is 5.91 Å². The van der Waals surface area contributed by atoms with Crippen molar-refractivity contribution in [3.8, 4) is 0 Å². The van der Waals surface area contributed by atoms with Gasteiger partial charge in [0.05, 0.1) is 6.42 Å². The molecule has 0 radical (unpaired) electrons. The van der Waals surface area contributed by atoms with Crippen LogP contribution in [0.15, 0.2) is 36.5 Å². The highest BCUT2D eigenvalue weighted by Crippen LogP contribution is 2.51. The minimum atomic E-state index is 0.113. The molecule has 214 valence electrons. The maximum Gasteiger partial charge on any atom is 0.228 e. The van der Waals surface area contributed by atoms with Crippen LogP contribution < -0.4 is 10.2 Å². The molecule has 2 aromatic rings. The number of hydrogen-bond donors (Lipinski definition) is 1. The number of benzene rings is 1. The summed E-state index contributed by atoms with van der Waals surface area (Å²) < 4.78 is 0. The molecule has 6 rings (SSSR count). The average Bonchev–Trinajstić information content (AvgIpc) is 3.52. The molecule has 3 heterocycles. The molecule has 1 aromatic heterocycles. The van der Waals surface area contributed by atoms with Crippen LogP contribution in [-0.2, 0) is 24.1 Å². The zero-order chi connectivity index (χ0) is 28.1. The van der Waals surface area contributed by atoms with Crippen LogP contribution in [0.1, 0.15) is 97.3 Å². The smallest absolute Gasteiger partial charge is 0.228 e. The summed E-state index contributed by atoms with van der Waals surface area (Å²) in [6.07, 6.45) is 12.3. The van der Waals surface area contributed by atoms with Crippen molar-refractivity contribution < 1.29 is 4.79 Å². The van der Waals surface area contributed by atoms with Gasteiger partial charge >= 0.3 is 0 Å². The Hall–Kier alpha value is -2.36. The lowest BCUT2D eigenvalue weighted by atomic mass is 9.71. The van der Waals surface area contributed by atoms with E-state index in [4.69, 9.17) is 0 Å². The zero-order valence-corrected chi connectivity index (χ0v) is 25.7. The van der Waals surface area contributed by atoms with Gasteiger partial charge in [-0.15, -0.1) is 0 Å². The summed E-state index contributed by atoms with van der Waals surface area (Å²) in [5.41, 5.74) is 4.86. The van der Waals surface area contributed by atoms with Gasteiger partial charge in [-0.3, -0.25) is 4.79 Å². The molecule has 2 aliphatic heterocycles. The molecule has 1 amide bonds. The number of hydrogen-bond acceptors (Lipinski definition) is 3. The third-order valence-electron chi connectivity index (χ3n) is 9.10. The predicted molar refractivity (Wildman–Crippen MR) is 165 cm³/mol. The minimum Gasteiger partial charge on any atom is -0.354 e. The summed E-state index contributed by atoms with van der Waals surface area (Å²) in [6.45, 7) is 17.2. The number of carbonyl (C=O) groups excluding carboxylic acids is 1. The fourth-order valence-corrected chi connectivity index (χ4v) is 7.50. The largest absolute Gasteiger partial charge is 0.354 e. The van der Waals surface area contributed by atoms with Gasteiger partial charge < -0.3 is 10.2 Å². The van der Waals surface area contributed by atoms with Crippen LogP contribution in [0.2, 0.25) is 0 Å². The van der Waals surface area contributed by atoms with Crippen molar-refractivity contribution in [1.29, 1.82) is 0 Å². The average molecular weight is 532 g/mol. The summed E-state index contributed by atoms with van der Waals surface area (Å²) in [7, 11) is 0. The summed E-state index contributed by atoms with van der Waals surface area (Å²) in [5, 5.41) is 2.84. The quantitative estimate of drug-likeness (QED) is 0.422. The number of anilines is 2. The first kappa shape index (κ1) is 29.6. The van der Waals surface area contributed by atoms with E-state index in [1.54, 1.807) is 12.8 Å². The van der Waals surface area contributed by atoms with E-state index >= 15 is 0 Å². The monoisotopic (exact) mass is 531 g/mol. The lowest BCUT2D eigenvalue weighted by Gasteiger charge is -2.34. The van der Waals surface area contributed by atoms with E-state index in [9.17, 15) is 4.79 Å². The zero-order valence-electron chi connectivity index (χ0n) is 25.7. The second-order valence-electron chi connectivity index (χ2n) is 13.8. The van der Waals surface area contributed by atoms with Gasteiger partial charge in [0.15, 0.2) is 0 Å². The molecule has 4 aliphatic rings. The molecule has 2 fully saturated rings. The number of aromatic nitrogens is 1. The first-order valence-corrected chi connectivity index (χ1v) is 15.7. The van der Waals surface area contributed by atoms with Crippen molar-refractivity contribution in [2.45, 2.75) is 106 Å². The lowest BCUT2D eigenvalue weighted by Crippen LogP contribution is -2.28. The SMILES string of the molecule is CC(C)CC1[C@@H]2CC[C@H]1CC(C)C2.CC(C)Cc1ccc2c(c1)CC(=O)N2.CC(C)N1CCc2cccnc21. The van der Waals surface area contributed by atoms with E-state index in [0.29, 0.717) is 18.4 Å². The molecule has 4 nitrogen and oxygen atoms in total. The van der Waals surface area contributed by atoms with Gasteiger partial charge in [0.1, 0.15) is 5.82 Å². The van der Waals surface area contributed by atoms with E-state index in [1.807, 2.05) is 18.3 Å². The van der Waals surface area contributed by atoms with Crippen molar-refractivity contribution >= 4 is 17.4 Å². The fourth-order valence-electron chi connectivity index (χ4n) is 7.50. The van der Waals surface area contributed by atoms with Gasteiger partial charge in [0.25, 0.3) is 0 Å². The molecule has 2 bridgehead atoms. The summed E-state index contributed by atoms with van der Waals surface area (Å²) >= 11 is 0. The van der Waals surface area contributed by atoms with Crippen LogP contribution in [-0.4, -0.2) is 23.5 Å². The molecular formula is C35H53N3O. The number of fused-ring (bicyclic) bond motifs is 4. The first-order valence-electron chi connectivity index (χ1n) is 15.7. The molecule has 2 saturated carbocycles. The highest BCUT2D eigenvalue weighted by molar-refractivity contribution is 5.99. The normalized spacial score (nSPS) is 24.7. The second-order valence-corrected chi connectivity index (χ2v) is 13.8. The van der Waals surface area contributed by atoms with Crippen molar-refractivity contribution in [3.63, 3.8) is 0 Å². The summed E-state index contributed by atoms with van der Waals surface area (Å²) in [6, 6.07) is 11.0. The Morgan fingerprint density at radius 3 is 2.33 bits per heavy atom. The second kappa shape index (κ2) is 13.3. The van der Waals surface area contributed by atoms with Crippen LogP contribution in [0.3, 0.4) is 0 Å². The molecule has 2 aliphatic carbocycles. The Kier molecular flexibility index (Phi) is 10.1. The van der Waals surface area contributed by atoms with Crippen molar-refractivity contribution in [1.82, 2.24) is 4.98 Å². The number of nitrogens with zero attached hydrogens (tertiary/aromatic N) is 2. The molecule has 0 spiro atoms. The summed E-state index contributed by atoms with van der Waals surface area (Å²) in [5.74, 6) is 7.23. The highest BCUT2D eigenvalue weighted by Gasteiger charge is 2.41. The molecule has 39 heavy (non-hydrogen) atoms. The van der Waals surface area contributed by atoms with E-state index in [0.717, 1.165) is 60.2 Å². The van der Waals surface area contributed by atoms with Crippen LogP contribution in [0.5, 0.6) is 0 Å². The van der Waals surface area contributed by atoms with Gasteiger partial charge in [-0.2, -0.15) is 0 Å². The molecule has 4 atom stereocenters. The molecule has 2 unspecified atom stereocenters. The molecule has 1 N–H and O–H groups in total. The number of amides is 1. The maximum absolute atomic E-state index is 11.1. The van der Waals surface area contributed by atoms with E-state index < -0.39 is 0 Å². The number of nitrogens with one attached hydrogen (secondary N) is 1. The molecule has 1 aromatic carbocycles. The van der Waals surface area contributed by atoms with Crippen molar-refractivity contribution in [2.75, 3.05) is 16.8 Å². The molecule has 0 saturated heterocycles. The first-order chi connectivity index (χ1) is 18.6. The fraction of sp³-hybridized carbons (Fsp3) is 0.657. The number of rotatable bonds is 5. The molecular weight excluding hydrogens is 478 g/mol. The van der Waals surface area contributed by atoms with Gasteiger partial charge in [-0.05, 0) is 123 Å². The Morgan fingerprint density at radius 2 is 1.69 bits per heavy atom. The van der Waals surface area contributed by atoms with Crippen LogP contribution in [0.25, 0.3) is 0 Å².